The van der Waals surface area contributed by atoms with Crippen LogP contribution in [0.1, 0.15) is 18.9 Å². The SMILES string of the molecule is C[C@@H](Oc1ccc(Oc2ncc(Cl)cc2F)cc1)c1n[nH]c(=S)n1N. The molecule has 0 unspecified atom stereocenters. The second-order valence-electron chi connectivity index (χ2n) is 5.03. The standard InChI is InChI=1S/C15H13ClFN5O2S/c1-8(13-20-21-15(25)22(13)18)23-10-2-4-11(5-3-10)24-14-12(17)6-9(16)7-19-14/h2-8H,18H2,1H3,(H,21,25)/t8-/m1/s1. The fourth-order valence-electron chi connectivity index (χ4n) is 2.04. The van der Waals surface area contributed by atoms with Crippen LogP contribution in [-0.2, 0) is 0 Å². The number of rotatable bonds is 5. The molecule has 0 radical (unpaired) electrons. The number of nitrogen functional groups attached to an aromatic ring is 1. The van der Waals surface area contributed by atoms with Gasteiger partial charge in [0.25, 0.3) is 5.88 Å². The lowest BCUT2D eigenvalue weighted by atomic mass is 10.3. The average Bonchev–Trinajstić information content (AvgIpc) is 2.91. The summed E-state index contributed by atoms with van der Waals surface area (Å²) in [6.07, 6.45) is 0.874. The molecule has 0 fully saturated rings. The maximum absolute atomic E-state index is 13.7. The summed E-state index contributed by atoms with van der Waals surface area (Å²) < 4.78 is 26.3. The van der Waals surface area contributed by atoms with Gasteiger partial charge in [0.2, 0.25) is 4.77 Å². The Hall–Kier alpha value is -2.65. The van der Waals surface area contributed by atoms with Gasteiger partial charge < -0.3 is 15.3 Å². The fraction of sp³-hybridized carbons (Fsp3) is 0.133. The minimum Gasteiger partial charge on any atom is -0.483 e. The van der Waals surface area contributed by atoms with Crippen LogP contribution in [0.3, 0.4) is 0 Å². The van der Waals surface area contributed by atoms with E-state index in [0.29, 0.717) is 22.1 Å². The third kappa shape index (κ3) is 3.89. The number of benzene rings is 1. The third-order valence-electron chi connectivity index (χ3n) is 3.22. The van der Waals surface area contributed by atoms with Gasteiger partial charge in [0, 0.05) is 6.20 Å². The Morgan fingerprint density at radius 3 is 2.60 bits per heavy atom. The maximum atomic E-state index is 13.7. The minimum absolute atomic E-state index is 0.162. The zero-order valence-corrected chi connectivity index (χ0v) is 14.5. The molecule has 1 aromatic carbocycles. The summed E-state index contributed by atoms with van der Waals surface area (Å²) in [5.41, 5.74) is 0. The number of nitrogens with one attached hydrogen (secondary N) is 1. The van der Waals surface area contributed by atoms with E-state index in [-0.39, 0.29) is 10.9 Å². The number of H-pyrrole nitrogens is 1. The first kappa shape index (κ1) is 17.2. The van der Waals surface area contributed by atoms with Crippen LogP contribution < -0.4 is 15.3 Å². The molecule has 0 saturated carbocycles. The van der Waals surface area contributed by atoms with E-state index in [9.17, 15) is 4.39 Å². The van der Waals surface area contributed by atoms with E-state index in [4.69, 9.17) is 39.1 Å². The van der Waals surface area contributed by atoms with Gasteiger partial charge in [0.15, 0.2) is 17.7 Å². The lowest BCUT2D eigenvalue weighted by Crippen LogP contribution is -2.17. The Morgan fingerprint density at radius 1 is 1.32 bits per heavy atom. The fourth-order valence-corrected chi connectivity index (χ4v) is 2.32. The minimum atomic E-state index is -0.646. The van der Waals surface area contributed by atoms with Crippen molar-refractivity contribution in [1.29, 1.82) is 0 Å². The average molecular weight is 382 g/mol. The molecule has 10 heteroatoms. The molecule has 25 heavy (non-hydrogen) atoms. The highest BCUT2D eigenvalue weighted by Crippen LogP contribution is 2.27. The zero-order chi connectivity index (χ0) is 18.0. The molecule has 0 aliphatic heterocycles. The van der Waals surface area contributed by atoms with Crippen molar-refractivity contribution in [3.05, 3.63) is 58.0 Å². The molecule has 7 nitrogen and oxygen atoms in total. The molecule has 0 amide bonds. The van der Waals surface area contributed by atoms with Gasteiger partial charge in [-0.25, -0.2) is 14.1 Å². The topological polar surface area (TPSA) is 91.0 Å². The first-order chi connectivity index (χ1) is 11.9. The van der Waals surface area contributed by atoms with Crippen LogP contribution in [0.15, 0.2) is 36.5 Å². The van der Waals surface area contributed by atoms with Crippen molar-refractivity contribution >= 4 is 23.8 Å². The van der Waals surface area contributed by atoms with Crippen molar-refractivity contribution in [2.24, 2.45) is 0 Å². The number of pyridine rings is 1. The predicted octanol–water partition coefficient (Wildman–Crippen LogP) is 3.77. The molecule has 3 aromatic rings. The lowest BCUT2D eigenvalue weighted by Gasteiger charge is -2.14. The lowest BCUT2D eigenvalue weighted by molar-refractivity contribution is 0.213. The zero-order valence-electron chi connectivity index (χ0n) is 12.9. The van der Waals surface area contributed by atoms with Crippen LogP contribution in [0.5, 0.6) is 17.4 Å². The molecule has 2 heterocycles. The van der Waals surface area contributed by atoms with Crippen molar-refractivity contribution in [2.75, 3.05) is 5.84 Å². The van der Waals surface area contributed by atoms with Gasteiger partial charge in [-0.05, 0) is 49.5 Å². The Labute approximate surface area is 152 Å². The molecule has 3 N–H and O–H groups in total. The Bertz CT molecular complexity index is 944. The Balaban J connectivity index is 1.69. The molecule has 0 bridgehead atoms. The monoisotopic (exact) mass is 381 g/mol. The van der Waals surface area contributed by atoms with Crippen molar-refractivity contribution in [1.82, 2.24) is 19.9 Å². The molecule has 0 aliphatic rings. The van der Waals surface area contributed by atoms with Gasteiger partial charge in [-0.1, -0.05) is 11.6 Å². The second-order valence-corrected chi connectivity index (χ2v) is 5.85. The number of nitrogens with zero attached hydrogens (tertiary/aromatic N) is 3. The summed E-state index contributed by atoms with van der Waals surface area (Å²) in [7, 11) is 0. The highest BCUT2D eigenvalue weighted by atomic mass is 35.5. The van der Waals surface area contributed by atoms with Crippen LogP contribution in [0, 0.1) is 10.6 Å². The van der Waals surface area contributed by atoms with E-state index in [1.54, 1.807) is 31.2 Å². The van der Waals surface area contributed by atoms with E-state index in [2.05, 4.69) is 15.2 Å². The van der Waals surface area contributed by atoms with E-state index >= 15 is 0 Å². The first-order valence-electron chi connectivity index (χ1n) is 7.12. The van der Waals surface area contributed by atoms with Crippen molar-refractivity contribution < 1.29 is 13.9 Å². The van der Waals surface area contributed by atoms with E-state index in [1.807, 2.05) is 0 Å². The van der Waals surface area contributed by atoms with Crippen LogP contribution in [0.25, 0.3) is 0 Å². The molecular formula is C15H13ClFN5O2S. The number of hydrogen-bond donors (Lipinski definition) is 2. The molecular weight excluding hydrogens is 369 g/mol. The normalized spacial score (nSPS) is 12.0. The molecule has 130 valence electrons. The number of hydrogen-bond acceptors (Lipinski definition) is 6. The molecule has 1 atom stereocenters. The van der Waals surface area contributed by atoms with Crippen LogP contribution >= 0.6 is 23.8 Å². The van der Waals surface area contributed by atoms with Gasteiger partial charge in [-0.3, -0.25) is 5.10 Å². The Morgan fingerprint density at radius 2 is 2.00 bits per heavy atom. The number of aromatic nitrogens is 4. The summed E-state index contributed by atoms with van der Waals surface area (Å²) in [6, 6.07) is 7.71. The smallest absolute Gasteiger partial charge is 0.255 e. The van der Waals surface area contributed by atoms with Crippen molar-refractivity contribution in [3.63, 3.8) is 0 Å². The summed E-state index contributed by atoms with van der Waals surface area (Å²) >= 11 is 10.6. The van der Waals surface area contributed by atoms with E-state index < -0.39 is 11.9 Å². The summed E-state index contributed by atoms with van der Waals surface area (Å²) in [4.78, 5) is 3.80. The molecule has 3 rings (SSSR count). The highest BCUT2D eigenvalue weighted by molar-refractivity contribution is 7.71. The first-order valence-corrected chi connectivity index (χ1v) is 7.90. The highest BCUT2D eigenvalue weighted by Gasteiger charge is 2.15. The van der Waals surface area contributed by atoms with Crippen molar-refractivity contribution in [2.45, 2.75) is 13.0 Å². The van der Waals surface area contributed by atoms with Gasteiger partial charge in [-0.2, -0.15) is 5.10 Å². The van der Waals surface area contributed by atoms with E-state index in [0.717, 1.165) is 6.07 Å². The number of nitrogens with two attached hydrogens (primary N) is 1. The van der Waals surface area contributed by atoms with Gasteiger partial charge in [-0.15, -0.1) is 0 Å². The van der Waals surface area contributed by atoms with Crippen LogP contribution in [0.4, 0.5) is 4.39 Å². The molecule has 0 aliphatic carbocycles. The summed E-state index contributed by atoms with van der Waals surface area (Å²) in [6.45, 7) is 1.78. The number of aromatic amines is 1. The summed E-state index contributed by atoms with van der Waals surface area (Å²) in [5, 5.41) is 6.79. The van der Waals surface area contributed by atoms with Gasteiger partial charge in [0.05, 0.1) is 5.02 Å². The quantitative estimate of drug-likeness (QED) is 0.516. The number of halogens is 2. The van der Waals surface area contributed by atoms with Crippen LogP contribution in [-0.4, -0.2) is 19.9 Å². The summed E-state index contributed by atoms with van der Waals surface area (Å²) in [5.74, 6) is 6.36. The maximum Gasteiger partial charge on any atom is 0.255 e. The molecule has 2 aromatic heterocycles. The van der Waals surface area contributed by atoms with Crippen molar-refractivity contribution in [3.8, 4) is 17.4 Å². The molecule has 0 saturated heterocycles. The van der Waals surface area contributed by atoms with E-state index in [1.165, 1.54) is 10.9 Å². The predicted molar refractivity (Wildman–Crippen MR) is 92.3 cm³/mol. The van der Waals surface area contributed by atoms with Gasteiger partial charge in [0.1, 0.15) is 11.5 Å². The second kappa shape index (κ2) is 7.08. The third-order valence-corrected chi connectivity index (χ3v) is 3.72. The van der Waals surface area contributed by atoms with Gasteiger partial charge >= 0.3 is 0 Å². The largest absolute Gasteiger partial charge is 0.483 e. The molecule has 0 spiro atoms. The number of ether oxygens (including phenoxy) is 2. The Kier molecular flexibility index (Phi) is 4.86. The van der Waals surface area contributed by atoms with Crippen LogP contribution in [0.2, 0.25) is 5.02 Å².